The molecule has 0 N–H and O–H groups in total. The molecule has 0 atom stereocenters. The van der Waals surface area contributed by atoms with E-state index in [1.807, 2.05) is 0 Å². The van der Waals surface area contributed by atoms with Crippen LogP contribution >= 0.6 is 15.9 Å². The first-order valence-electron chi connectivity index (χ1n) is 6.26. The van der Waals surface area contributed by atoms with Gasteiger partial charge in [0.05, 0.1) is 17.0 Å². The highest BCUT2D eigenvalue weighted by molar-refractivity contribution is 9.10. The Labute approximate surface area is 118 Å². The maximum absolute atomic E-state index is 12.5. The van der Waals surface area contributed by atoms with Crippen molar-refractivity contribution in [2.45, 2.75) is 31.9 Å². The first-order chi connectivity index (χ1) is 8.97. The molecule has 106 valence electrons. The van der Waals surface area contributed by atoms with Gasteiger partial charge in [0.1, 0.15) is 5.75 Å². The molecule has 0 aliphatic heterocycles. The molecule has 2 rings (SSSR count). The fourth-order valence-corrected chi connectivity index (χ4v) is 2.71. The van der Waals surface area contributed by atoms with Crippen molar-refractivity contribution in [2.75, 3.05) is 6.61 Å². The minimum atomic E-state index is -4.04. The molecule has 6 heteroatoms. The van der Waals surface area contributed by atoms with Gasteiger partial charge in [-0.3, -0.25) is 4.98 Å². The lowest BCUT2D eigenvalue weighted by molar-refractivity contribution is -0.184. The van der Waals surface area contributed by atoms with Crippen molar-refractivity contribution in [3.8, 4) is 5.75 Å². The molecule has 1 fully saturated rings. The Morgan fingerprint density at radius 2 is 1.95 bits per heavy atom. The Morgan fingerprint density at radius 1 is 1.26 bits per heavy atom. The first kappa shape index (κ1) is 14.6. The van der Waals surface area contributed by atoms with Crippen LogP contribution in [0, 0.1) is 11.8 Å². The number of hydrogen-bond acceptors (Lipinski definition) is 2. The van der Waals surface area contributed by atoms with Crippen LogP contribution in [0.5, 0.6) is 5.75 Å². The van der Waals surface area contributed by atoms with Gasteiger partial charge in [-0.05, 0) is 53.6 Å². The van der Waals surface area contributed by atoms with E-state index in [1.54, 1.807) is 18.5 Å². The summed E-state index contributed by atoms with van der Waals surface area (Å²) in [6.07, 6.45) is 0.806. The van der Waals surface area contributed by atoms with E-state index in [0.717, 1.165) is 4.47 Å². The molecule has 1 aliphatic rings. The van der Waals surface area contributed by atoms with Gasteiger partial charge in [0.25, 0.3) is 0 Å². The zero-order valence-corrected chi connectivity index (χ0v) is 11.9. The second-order valence-electron chi connectivity index (χ2n) is 4.88. The Kier molecular flexibility index (Phi) is 4.71. The Bertz CT molecular complexity index is 417. The number of rotatable bonds is 3. The third-order valence-electron chi connectivity index (χ3n) is 3.52. The number of ether oxygens (including phenoxy) is 1. The Hall–Kier alpha value is -0.780. The normalized spacial score (nSPS) is 24.2. The van der Waals surface area contributed by atoms with Gasteiger partial charge in [0, 0.05) is 12.4 Å². The number of alkyl halides is 3. The lowest BCUT2D eigenvalue weighted by Gasteiger charge is -2.29. The van der Waals surface area contributed by atoms with Crippen molar-refractivity contribution in [3.05, 3.63) is 22.9 Å². The fraction of sp³-hybridized carbons (Fsp3) is 0.615. The van der Waals surface area contributed by atoms with Crippen LogP contribution in [0.3, 0.4) is 0 Å². The summed E-state index contributed by atoms with van der Waals surface area (Å²) in [7, 11) is 0. The van der Waals surface area contributed by atoms with Crippen LogP contribution in [0.15, 0.2) is 22.9 Å². The molecular formula is C13H15BrF3NO. The topological polar surface area (TPSA) is 22.1 Å². The van der Waals surface area contributed by atoms with Gasteiger partial charge >= 0.3 is 6.18 Å². The van der Waals surface area contributed by atoms with Crippen LogP contribution in [0.1, 0.15) is 25.7 Å². The highest BCUT2D eigenvalue weighted by atomic mass is 79.9. The molecule has 0 unspecified atom stereocenters. The van der Waals surface area contributed by atoms with Gasteiger partial charge in [-0.25, -0.2) is 0 Å². The molecule has 1 aromatic rings. The third kappa shape index (κ3) is 4.09. The largest absolute Gasteiger partial charge is 0.492 e. The average molecular weight is 338 g/mol. The van der Waals surface area contributed by atoms with E-state index in [1.165, 1.54) is 0 Å². The lowest BCUT2D eigenvalue weighted by atomic mass is 9.82. The summed E-state index contributed by atoms with van der Waals surface area (Å²) < 4.78 is 44.0. The molecule has 0 spiro atoms. The number of aromatic nitrogens is 1. The molecule has 1 aliphatic carbocycles. The molecule has 0 bridgehead atoms. The lowest BCUT2D eigenvalue weighted by Crippen LogP contribution is -2.29. The molecule has 0 saturated heterocycles. The zero-order chi connectivity index (χ0) is 13.9. The van der Waals surface area contributed by atoms with E-state index >= 15 is 0 Å². The fourth-order valence-electron chi connectivity index (χ4n) is 2.34. The van der Waals surface area contributed by atoms with Crippen molar-refractivity contribution < 1.29 is 17.9 Å². The number of halogens is 4. The molecular weight excluding hydrogens is 323 g/mol. The Balaban J connectivity index is 1.79. The van der Waals surface area contributed by atoms with Gasteiger partial charge < -0.3 is 4.74 Å². The highest BCUT2D eigenvalue weighted by Crippen LogP contribution is 2.39. The molecule has 0 amide bonds. The van der Waals surface area contributed by atoms with Crippen LogP contribution in [0.25, 0.3) is 0 Å². The first-order valence-corrected chi connectivity index (χ1v) is 7.05. The van der Waals surface area contributed by atoms with Crippen molar-refractivity contribution in [3.63, 3.8) is 0 Å². The third-order valence-corrected chi connectivity index (χ3v) is 4.11. The van der Waals surface area contributed by atoms with E-state index in [2.05, 4.69) is 20.9 Å². The van der Waals surface area contributed by atoms with Crippen molar-refractivity contribution in [2.24, 2.45) is 11.8 Å². The Morgan fingerprint density at radius 3 is 2.53 bits per heavy atom. The maximum atomic E-state index is 12.5. The summed E-state index contributed by atoms with van der Waals surface area (Å²) >= 11 is 3.32. The monoisotopic (exact) mass is 337 g/mol. The van der Waals surface area contributed by atoms with Crippen LogP contribution < -0.4 is 4.74 Å². The van der Waals surface area contributed by atoms with Crippen LogP contribution in [-0.4, -0.2) is 17.8 Å². The SMILES string of the molecule is FC(F)(F)[C@H]1CC[C@H](COc2ccncc2Br)CC1. The van der Waals surface area contributed by atoms with E-state index in [-0.39, 0.29) is 18.8 Å². The highest BCUT2D eigenvalue weighted by Gasteiger charge is 2.41. The van der Waals surface area contributed by atoms with Crippen LogP contribution in [0.2, 0.25) is 0 Å². The van der Waals surface area contributed by atoms with Gasteiger partial charge in [-0.15, -0.1) is 0 Å². The van der Waals surface area contributed by atoms with Gasteiger partial charge in [0.15, 0.2) is 0 Å². The van der Waals surface area contributed by atoms with E-state index < -0.39 is 12.1 Å². The van der Waals surface area contributed by atoms with Gasteiger partial charge in [-0.2, -0.15) is 13.2 Å². The smallest absolute Gasteiger partial charge is 0.391 e. The standard InChI is InChI=1S/C13H15BrF3NO/c14-11-7-18-6-5-12(11)19-8-9-1-3-10(4-2-9)13(15,16)17/h5-7,9-10H,1-4,8H2/t9-,10-. The summed E-state index contributed by atoms with van der Waals surface area (Å²) in [4.78, 5) is 3.92. The summed E-state index contributed by atoms with van der Waals surface area (Å²) in [5.41, 5.74) is 0. The molecule has 1 heterocycles. The molecule has 1 saturated carbocycles. The van der Waals surface area contributed by atoms with E-state index in [4.69, 9.17) is 4.74 Å². The zero-order valence-electron chi connectivity index (χ0n) is 10.3. The predicted molar refractivity (Wildman–Crippen MR) is 68.9 cm³/mol. The summed E-state index contributed by atoms with van der Waals surface area (Å²) in [5.74, 6) is -0.233. The van der Waals surface area contributed by atoms with Gasteiger partial charge in [-0.1, -0.05) is 0 Å². The number of nitrogens with zero attached hydrogens (tertiary/aromatic N) is 1. The second-order valence-corrected chi connectivity index (χ2v) is 5.73. The van der Waals surface area contributed by atoms with Crippen LogP contribution in [0.4, 0.5) is 13.2 Å². The van der Waals surface area contributed by atoms with E-state index in [0.29, 0.717) is 25.2 Å². The van der Waals surface area contributed by atoms with Crippen molar-refractivity contribution in [1.29, 1.82) is 0 Å². The molecule has 1 aromatic heterocycles. The minimum Gasteiger partial charge on any atom is -0.492 e. The van der Waals surface area contributed by atoms with Crippen molar-refractivity contribution in [1.82, 2.24) is 4.98 Å². The quantitative estimate of drug-likeness (QED) is 0.804. The van der Waals surface area contributed by atoms with Crippen molar-refractivity contribution >= 4 is 15.9 Å². The summed E-state index contributed by atoms with van der Waals surface area (Å²) in [5, 5.41) is 0. The number of hydrogen-bond donors (Lipinski definition) is 0. The minimum absolute atomic E-state index is 0.207. The van der Waals surface area contributed by atoms with Crippen LogP contribution in [-0.2, 0) is 0 Å². The predicted octanol–water partition coefficient (Wildman–Crippen LogP) is 4.59. The number of pyridine rings is 1. The molecule has 0 radical (unpaired) electrons. The summed E-state index contributed by atoms with van der Waals surface area (Å²) in [6.45, 7) is 0.465. The molecule has 2 nitrogen and oxygen atoms in total. The average Bonchev–Trinajstić information content (AvgIpc) is 2.37. The van der Waals surface area contributed by atoms with Gasteiger partial charge in [0.2, 0.25) is 0 Å². The summed E-state index contributed by atoms with van der Waals surface area (Å²) in [6, 6.07) is 1.74. The maximum Gasteiger partial charge on any atom is 0.391 e. The molecule has 0 aromatic carbocycles. The second kappa shape index (κ2) is 6.11. The van der Waals surface area contributed by atoms with E-state index in [9.17, 15) is 13.2 Å². The molecule has 19 heavy (non-hydrogen) atoms.